The summed E-state index contributed by atoms with van der Waals surface area (Å²) < 4.78 is 1.77. The van der Waals surface area contributed by atoms with Gasteiger partial charge in [-0.25, -0.2) is 9.97 Å². The molecule has 2 aromatic rings. The van der Waals surface area contributed by atoms with Crippen molar-refractivity contribution in [3.63, 3.8) is 0 Å². The Morgan fingerprint density at radius 2 is 2.12 bits per heavy atom. The SMILES string of the molecule is Cc1c(Cl)nc(C2CC2)nc1-c1ccn(C)n1. The van der Waals surface area contributed by atoms with Crippen molar-refractivity contribution in [3.05, 3.63) is 28.8 Å². The zero-order chi connectivity index (χ0) is 12.0. The molecule has 2 heterocycles. The first-order valence-corrected chi connectivity index (χ1v) is 6.07. The molecule has 0 spiro atoms. The lowest BCUT2D eigenvalue weighted by atomic mass is 10.2. The third-order valence-corrected chi connectivity index (χ3v) is 3.37. The van der Waals surface area contributed by atoms with Gasteiger partial charge in [0.15, 0.2) is 0 Å². The minimum Gasteiger partial charge on any atom is -0.275 e. The maximum atomic E-state index is 6.16. The van der Waals surface area contributed by atoms with Crippen LogP contribution in [0.25, 0.3) is 11.4 Å². The molecule has 1 aliphatic carbocycles. The summed E-state index contributed by atoms with van der Waals surface area (Å²) in [5.41, 5.74) is 2.61. The van der Waals surface area contributed by atoms with Crippen LogP contribution in [-0.2, 0) is 7.05 Å². The lowest BCUT2D eigenvalue weighted by Crippen LogP contribution is -2.00. The van der Waals surface area contributed by atoms with E-state index in [1.165, 1.54) is 12.8 Å². The minimum atomic E-state index is 0.496. The van der Waals surface area contributed by atoms with Gasteiger partial charge in [0.2, 0.25) is 0 Å². The number of halogens is 1. The van der Waals surface area contributed by atoms with Crippen molar-refractivity contribution >= 4 is 11.6 Å². The highest BCUT2D eigenvalue weighted by atomic mass is 35.5. The smallest absolute Gasteiger partial charge is 0.136 e. The molecule has 4 nitrogen and oxygen atoms in total. The average Bonchev–Trinajstić information content (AvgIpc) is 3.05. The number of nitrogens with zero attached hydrogens (tertiary/aromatic N) is 4. The summed E-state index contributed by atoms with van der Waals surface area (Å²) in [6.07, 6.45) is 4.24. The van der Waals surface area contributed by atoms with Crippen molar-refractivity contribution in [2.45, 2.75) is 25.7 Å². The van der Waals surface area contributed by atoms with Crippen molar-refractivity contribution in [1.82, 2.24) is 19.7 Å². The first-order valence-electron chi connectivity index (χ1n) is 5.69. The number of hydrogen-bond donors (Lipinski definition) is 0. The second-order valence-electron chi connectivity index (χ2n) is 4.50. The maximum absolute atomic E-state index is 6.16. The Morgan fingerprint density at radius 3 is 2.71 bits per heavy atom. The highest BCUT2D eigenvalue weighted by Crippen LogP contribution is 2.39. The van der Waals surface area contributed by atoms with Gasteiger partial charge >= 0.3 is 0 Å². The van der Waals surface area contributed by atoms with E-state index in [9.17, 15) is 0 Å². The molecule has 2 aromatic heterocycles. The molecule has 1 fully saturated rings. The predicted octanol–water partition coefficient (Wildman–Crippen LogP) is 2.72. The van der Waals surface area contributed by atoms with E-state index in [2.05, 4.69) is 15.1 Å². The first-order chi connectivity index (χ1) is 8.15. The zero-order valence-corrected chi connectivity index (χ0v) is 10.6. The minimum absolute atomic E-state index is 0.496. The fourth-order valence-electron chi connectivity index (χ4n) is 1.82. The van der Waals surface area contributed by atoms with Gasteiger partial charge in [0.1, 0.15) is 16.7 Å². The van der Waals surface area contributed by atoms with Crippen molar-refractivity contribution < 1.29 is 0 Å². The molecule has 0 bridgehead atoms. The summed E-state index contributed by atoms with van der Waals surface area (Å²) in [6, 6.07) is 1.95. The van der Waals surface area contributed by atoms with Crippen LogP contribution >= 0.6 is 11.6 Å². The third kappa shape index (κ3) is 1.93. The standard InChI is InChI=1S/C12H13ClN4/c1-7-10(9-5-6-17(2)16-9)14-12(8-3-4-8)15-11(7)13/h5-6,8H,3-4H2,1-2H3. The van der Waals surface area contributed by atoms with Crippen LogP contribution in [0.1, 0.15) is 30.1 Å². The van der Waals surface area contributed by atoms with E-state index in [0.717, 1.165) is 22.8 Å². The second-order valence-corrected chi connectivity index (χ2v) is 4.85. The van der Waals surface area contributed by atoms with E-state index in [1.54, 1.807) is 4.68 Å². The Hall–Kier alpha value is -1.42. The van der Waals surface area contributed by atoms with Crippen LogP contribution in [0.2, 0.25) is 5.15 Å². The van der Waals surface area contributed by atoms with Gasteiger partial charge in [0, 0.05) is 24.7 Å². The van der Waals surface area contributed by atoms with E-state index in [4.69, 9.17) is 11.6 Å². The van der Waals surface area contributed by atoms with E-state index in [1.807, 2.05) is 26.2 Å². The molecule has 0 aliphatic heterocycles. The molecule has 1 saturated carbocycles. The number of rotatable bonds is 2. The summed E-state index contributed by atoms with van der Waals surface area (Å²) >= 11 is 6.16. The van der Waals surface area contributed by atoms with Crippen molar-refractivity contribution in [1.29, 1.82) is 0 Å². The average molecular weight is 249 g/mol. The van der Waals surface area contributed by atoms with Crippen molar-refractivity contribution in [2.75, 3.05) is 0 Å². The summed E-state index contributed by atoms with van der Waals surface area (Å²) in [6.45, 7) is 1.93. The Bertz CT molecular complexity index is 572. The van der Waals surface area contributed by atoms with E-state index in [0.29, 0.717) is 11.1 Å². The van der Waals surface area contributed by atoms with Crippen LogP contribution in [0.3, 0.4) is 0 Å². The quantitative estimate of drug-likeness (QED) is 0.768. The largest absolute Gasteiger partial charge is 0.275 e. The number of aryl methyl sites for hydroxylation is 1. The van der Waals surface area contributed by atoms with Gasteiger partial charge < -0.3 is 0 Å². The molecular formula is C12H13ClN4. The van der Waals surface area contributed by atoms with Crippen LogP contribution in [-0.4, -0.2) is 19.7 Å². The highest BCUT2D eigenvalue weighted by molar-refractivity contribution is 6.30. The summed E-state index contributed by atoms with van der Waals surface area (Å²) in [7, 11) is 1.89. The molecule has 17 heavy (non-hydrogen) atoms. The topological polar surface area (TPSA) is 43.6 Å². The predicted molar refractivity (Wildman–Crippen MR) is 66.0 cm³/mol. The molecule has 0 N–H and O–H groups in total. The fraction of sp³-hybridized carbons (Fsp3) is 0.417. The molecule has 1 aliphatic rings. The highest BCUT2D eigenvalue weighted by Gasteiger charge is 2.28. The van der Waals surface area contributed by atoms with Crippen LogP contribution in [0, 0.1) is 6.92 Å². The van der Waals surface area contributed by atoms with E-state index in [-0.39, 0.29) is 0 Å². The monoisotopic (exact) mass is 248 g/mol. The van der Waals surface area contributed by atoms with Gasteiger partial charge in [-0.15, -0.1) is 0 Å². The number of aromatic nitrogens is 4. The fourth-order valence-corrected chi connectivity index (χ4v) is 2.00. The van der Waals surface area contributed by atoms with Crippen LogP contribution < -0.4 is 0 Å². The normalized spacial score (nSPS) is 15.2. The van der Waals surface area contributed by atoms with Gasteiger partial charge in [-0.3, -0.25) is 4.68 Å². The molecular weight excluding hydrogens is 236 g/mol. The molecule has 0 aromatic carbocycles. The third-order valence-electron chi connectivity index (χ3n) is 3.00. The molecule has 88 valence electrons. The number of hydrogen-bond acceptors (Lipinski definition) is 3. The summed E-state index contributed by atoms with van der Waals surface area (Å²) in [5, 5.41) is 4.92. The Labute approximate surface area is 105 Å². The summed E-state index contributed by atoms with van der Waals surface area (Å²) in [4.78, 5) is 8.95. The van der Waals surface area contributed by atoms with Crippen LogP contribution in [0.15, 0.2) is 12.3 Å². The molecule has 0 amide bonds. The van der Waals surface area contributed by atoms with Gasteiger partial charge in [-0.05, 0) is 25.8 Å². The van der Waals surface area contributed by atoms with Crippen molar-refractivity contribution in [2.24, 2.45) is 7.05 Å². The molecule has 0 saturated heterocycles. The molecule has 0 unspecified atom stereocenters. The first kappa shape index (κ1) is 10.7. The van der Waals surface area contributed by atoms with Gasteiger partial charge in [-0.1, -0.05) is 11.6 Å². The van der Waals surface area contributed by atoms with Crippen LogP contribution in [0.5, 0.6) is 0 Å². The molecule has 0 radical (unpaired) electrons. The molecule has 3 rings (SSSR count). The lowest BCUT2D eigenvalue weighted by molar-refractivity contribution is 0.768. The summed E-state index contributed by atoms with van der Waals surface area (Å²) in [5.74, 6) is 1.36. The lowest BCUT2D eigenvalue weighted by Gasteiger charge is -2.06. The van der Waals surface area contributed by atoms with Gasteiger partial charge in [-0.2, -0.15) is 5.10 Å². The Morgan fingerprint density at radius 1 is 1.35 bits per heavy atom. The van der Waals surface area contributed by atoms with Gasteiger partial charge in [0.25, 0.3) is 0 Å². The zero-order valence-electron chi connectivity index (χ0n) is 9.81. The Kier molecular flexibility index (Phi) is 2.40. The van der Waals surface area contributed by atoms with Crippen molar-refractivity contribution in [3.8, 4) is 11.4 Å². The van der Waals surface area contributed by atoms with E-state index >= 15 is 0 Å². The second kappa shape index (κ2) is 3.81. The van der Waals surface area contributed by atoms with E-state index < -0.39 is 0 Å². The Balaban J connectivity index is 2.13. The molecule has 5 heteroatoms. The van der Waals surface area contributed by atoms with Gasteiger partial charge in [0.05, 0.1) is 5.69 Å². The maximum Gasteiger partial charge on any atom is 0.136 e. The van der Waals surface area contributed by atoms with Crippen LogP contribution in [0.4, 0.5) is 0 Å². The molecule has 0 atom stereocenters.